The summed E-state index contributed by atoms with van der Waals surface area (Å²) in [4.78, 5) is 26.7. The van der Waals surface area contributed by atoms with Gasteiger partial charge in [0, 0.05) is 17.7 Å². The molecule has 0 unspecified atom stereocenters. The van der Waals surface area contributed by atoms with Gasteiger partial charge in [0.15, 0.2) is 5.70 Å². The second-order valence-electron chi connectivity index (χ2n) is 6.87. The zero-order valence-corrected chi connectivity index (χ0v) is 19.8. The van der Waals surface area contributed by atoms with Crippen molar-refractivity contribution in [3.05, 3.63) is 108 Å². The van der Waals surface area contributed by atoms with Gasteiger partial charge < -0.3 is 9.47 Å². The van der Waals surface area contributed by atoms with Crippen LogP contribution in [0.3, 0.4) is 0 Å². The number of carbonyl (C=O) groups is 1. The van der Waals surface area contributed by atoms with Crippen LogP contribution in [0.25, 0.3) is 6.08 Å². The summed E-state index contributed by atoms with van der Waals surface area (Å²) in [5.41, 5.74) is 1.86. The molecule has 0 bridgehead atoms. The summed E-state index contributed by atoms with van der Waals surface area (Å²) in [7, 11) is 0. The minimum absolute atomic E-state index is 0.00663. The number of nitrogens with zero attached hydrogens (tertiary/aromatic N) is 2. The standard InChI is InChI=1S/C23H13Br2FN2O5/c24-18-8-14(10-20-23(29)33-22(27-20)15-2-1-3-16(26)11-15)9-19(25)21(18)32-12-13-4-6-17(7-5-13)28(30)31/h1-11H,12H2/b20-10-. The Morgan fingerprint density at radius 2 is 1.79 bits per heavy atom. The monoisotopic (exact) mass is 574 g/mol. The number of ether oxygens (including phenoxy) is 2. The van der Waals surface area contributed by atoms with Crippen molar-refractivity contribution in [3.8, 4) is 5.75 Å². The Morgan fingerprint density at radius 1 is 1.09 bits per heavy atom. The smallest absolute Gasteiger partial charge is 0.363 e. The summed E-state index contributed by atoms with van der Waals surface area (Å²) in [5, 5.41) is 10.8. The Bertz CT molecular complexity index is 1300. The van der Waals surface area contributed by atoms with E-state index in [0.29, 0.717) is 25.8 Å². The molecule has 1 aliphatic heterocycles. The predicted octanol–water partition coefficient (Wildman–Crippen LogP) is 6.18. The van der Waals surface area contributed by atoms with Crippen molar-refractivity contribution < 1.29 is 23.6 Å². The first-order valence-electron chi connectivity index (χ1n) is 9.44. The predicted molar refractivity (Wildman–Crippen MR) is 126 cm³/mol. The Morgan fingerprint density at radius 3 is 2.42 bits per heavy atom. The Balaban J connectivity index is 1.52. The summed E-state index contributed by atoms with van der Waals surface area (Å²) < 4.78 is 25.7. The molecule has 0 saturated carbocycles. The second-order valence-corrected chi connectivity index (χ2v) is 8.58. The fourth-order valence-electron chi connectivity index (χ4n) is 2.98. The number of cyclic esters (lactones) is 1. The molecule has 0 saturated heterocycles. The number of esters is 1. The molecule has 3 aromatic rings. The number of aliphatic imine (C=N–C) groups is 1. The van der Waals surface area contributed by atoms with Crippen LogP contribution in [0.1, 0.15) is 16.7 Å². The molecule has 0 spiro atoms. The fourth-order valence-corrected chi connectivity index (χ4v) is 4.43. The molecule has 0 aromatic heterocycles. The van der Waals surface area contributed by atoms with Crippen LogP contribution in [-0.4, -0.2) is 16.8 Å². The lowest BCUT2D eigenvalue weighted by atomic mass is 10.2. The largest absolute Gasteiger partial charge is 0.487 e. The maximum Gasteiger partial charge on any atom is 0.363 e. The van der Waals surface area contributed by atoms with E-state index in [4.69, 9.17) is 9.47 Å². The average molecular weight is 576 g/mol. The molecule has 10 heteroatoms. The van der Waals surface area contributed by atoms with Gasteiger partial charge in [-0.2, -0.15) is 0 Å². The van der Waals surface area contributed by atoms with E-state index in [-0.39, 0.29) is 23.9 Å². The fraction of sp³-hybridized carbons (Fsp3) is 0.0435. The molecule has 1 aliphatic rings. The molecule has 0 fully saturated rings. The molecule has 3 aromatic carbocycles. The van der Waals surface area contributed by atoms with Gasteiger partial charge in [-0.15, -0.1) is 0 Å². The Labute approximate surface area is 204 Å². The topological polar surface area (TPSA) is 91.0 Å². The first kappa shape index (κ1) is 22.8. The average Bonchev–Trinajstić information content (AvgIpc) is 3.13. The number of non-ortho nitro benzene ring substituents is 1. The van der Waals surface area contributed by atoms with Gasteiger partial charge in [0.05, 0.1) is 13.9 Å². The van der Waals surface area contributed by atoms with E-state index in [1.54, 1.807) is 36.4 Å². The van der Waals surface area contributed by atoms with Crippen LogP contribution in [0.2, 0.25) is 0 Å². The van der Waals surface area contributed by atoms with Crippen LogP contribution < -0.4 is 4.74 Å². The van der Waals surface area contributed by atoms with Crippen molar-refractivity contribution in [1.29, 1.82) is 0 Å². The van der Waals surface area contributed by atoms with Crippen LogP contribution in [-0.2, 0) is 16.1 Å². The van der Waals surface area contributed by atoms with E-state index in [2.05, 4.69) is 36.9 Å². The van der Waals surface area contributed by atoms with E-state index in [0.717, 1.165) is 5.56 Å². The number of nitro benzene ring substituents is 1. The second kappa shape index (κ2) is 9.63. The molecule has 166 valence electrons. The van der Waals surface area contributed by atoms with Crippen LogP contribution in [0.5, 0.6) is 5.75 Å². The molecule has 0 amide bonds. The number of halogens is 3. The molecule has 1 heterocycles. The van der Waals surface area contributed by atoms with Gasteiger partial charge in [-0.25, -0.2) is 14.2 Å². The van der Waals surface area contributed by atoms with Crippen LogP contribution in [0.4, 0.5) is 10.1 Å². The van der Waals surface area contributed by atoms with Gasteiger partial charge in [-0.1, -0.05) is 6.07 Å². The third-order valence-corrected chi connectivity index (χ3v) is 5.72. The normalized spacial score (nSPS) is 14.2. The zero-order valence-electron chi connectivity index (χ0n) is 16.6. The van der Waals surface area contributed by atoms with Crippen molar-refractivity contribution in [2.45, 2.75) is 6.61 Å². The molecule has 0 aliphatic carbocycles. The van der Waals surface area contributed by atoms with Crippen molar-refractivity contribution >= 4 is 55.5 Å². The van der Waals surface area contributed by atoms with Gasteiger partial charge >= 0.3 is 5.97 Å². The first-order valence-corrected chi connectivity index (χ1v) is 11.0. The highest BCUT2D eigenvalue weighted by atomic mass is 79.9. The molecule has 0 N–H and O–H groups in total. The Kier molecular flexibility index (Phi) is 6.66. The highest BCUT2D eigenvalue weighted by Crippen LogP contribution is 2.36. The summed E-state index contributed by atoms with van der Waals surface area (Å²) in [6, 6.07) is 15.2. The summed E-state index contributed by atoms with van der Waals surface area (Å²) >= 11 is 6.91. The van der Waals surface area contributed by atoms with E-state index in [1.807, 2.05) is 0 Å². The quantitative estimate of drug-likeness (QED) is 0.151. The SMILES string of the molecule is O=C1OC(c2cccc(F)c2)=N/C1=C\c1cc(Br)c(OCc2ccc([N+](=O)[O-])cc2)c(Br)c1. The Hall–Kier alpha value is -3.37. The molecule has 33 heavy (non-hydrogen) atoms. The lowest BCUT2D eigenvalue weighted by Gasteiger charge is -2.11. The van der Waals surface area contributed by atoms with Crippen molar-refractivity contribution in [3.63, 3.8) is 0 Å². The highest BCUT2D eigenvalue weighted by Gasteiger charge is 2.24. The highest BCUT2D eigenvalue weighted by molar-refractivity contribution is 9.11. The van der Waals surface area contributed by atoms with Crippen LogP contribution >= 0.6 is 31.9 Å². The van der Waals surface area contributed by atoms with E-state index in [9.17, 15) is 19.3 Å². The summed E-state index contributed by atoms with van der Waals surface area (Å²) in [6.07, 6.45) is 1.55. The molecule has 4 rings (SSSR count). The number of hydrogen-bond acceptors (Lipinski definition) is 6. The van der Waals surface area contributed by atoms with Gasteiger partial charge in [0.1, 0.15) is 18.2 Å². The summed E-state index contributed by atoms with van der Waals surface area (Å²) in [6.45, 7) is 0.198. The van der Waals surface area contributed by atoms with Gasteiger partial charge in [0.25, 0.3) is 5.69 Å². The third kappa shape index (κ3) is 5.35. The minimum atomic E-state index is -0.639. The number of carbonyl (C=O) groups excluding carboxylic acids is 1. The first-order chi connectivity index (χ1) is 15.8. The van der Waals surface area contributed by atoms with E-state index in [1.165, 1.54) is 30.3 Å². The lowest BCUT2D eigenvalue weighted by molar-refractivity contribution is -0.384. The molecule has 0 atom stereocenters. The summed E-state index contributed by atoms with van der Waals surface area (Å²) in [5.74, 6) is -0.541. The van der Waals surface area contributed by atoms with Crippen LogP contribution in [0.15, 0.2) is 80.3 Å². The molecular weight excluding hydrogens is 563 g/mol. The van der Waals surface area contributed by atoms with Gasteiger partial charge in [-0.3, -0.25) is 10.1 Å². The maximum absolute atomic E-state index is 13.4. The minimum Gasteiger partial charge on any atom is -0.487 e. The van der Waals surface area contributed by atoms with Crippen molar-refractivity contribution in [2.75, 3.05) is 0 Å². The molecular formula is C23H13Br2FN2O5. The van der Waals surface area contributed by atoms with Gasteiger partial charge in [0.2, 0.25) is 5.90 Å². The van der Waals surface area contributed by atoms with Gasteiger partial charge in [-0.05, 0) is 91.5 Å². The number of hydrogen-bond donors (Lipinski definition) is 0. The van der Waals surface area contributed by atoms with E-state index >= 15 is 0 Å². The zero-order chi connectivity index (χ0) is 23.5. The van der Waals surface area contributed by atoms with Crippen LogP contribution in [0, 0.1) is 15.9 Å². The number of rotatable bonds is 6. The number of benzene rings is 3. The van der Waals surface area contributed by atoms with Crippen molar-refractivity contribution in [1.82, 2.24) is 0 Å². The van der Waals surface area contributed by atoms with Crippen molar-refractivity contribution in [2.24, 2.45) is 4.99 Å². The van der Waals surface area contributed by atoms with E-state index < -0.39 is 16.7 Å². The lowest BCUT2D eigenvalue weighted by Crippen LogP contribution is -2.05. The maximum atomic E-state index is 13.4. The molecule has 7 nitrogen and oxygen atoms in total. The number of nitro groups is 1. The molecule has 0 radical (unpaired) electrons. The third-order valence-electron chi connectivity index (χ3n) is 4.55.